The van der Waals surface area contributed by atoms with Gasteiger partial charge in [-0.2, -0.15) is 0 Å². The van der Waals surface area contributed by atoms with Gasteiger partial charge < -0.3 is 173 Å². The Hall–Kier alpha value is -5.20. The van der Waals surface area contributed by atoms with E-state index in [1.54, 1.807) is 60.7 Å². The van der Waals surface area contributed by atoms with E-state index in [0.717, 1.165) is 0 Å². The molecule has 2 aromatic carbocycles. The molecule has 0 unspecified atom stereocenters. The van der Waals surface area contributed by atoms with Gasteiger partial charge in [0.15, 0.2) is 25.2 Å². The maximum Gasteiger partial charge on any atom is 0.407 e. The van der Waals surface area contributed by atoms with Crippen molar-refractivity contribution in [3.63, 3.8) is 0 Å². The second-order valence-corrected chi connectivity index (χ2v) is 23.9. The van der Waals surface area contributed by atoms with Crippen LogP contribution in [-0.2, 0) is 70.2 Å². The minimum atomic E-state index is -3.04. The van der Waals surface area contributed by atoms with Crippen LogP contribution in [0.3, 0.4) is 0 Å². The van der Waals surface area contributed by atoms with E-state index in [1.165, 1.54) is 0 Å². The zero-order valence-corrected chi connectivity index (χ0v) is 50.2. The molecule has 6 aliphatic rings. The normalized spacial score (nSPS) is 42.6. The van der Waals surface area contributed by atoms with Crippen molar-refractivity contribution in [2.24, 2.45) is 22.9 Å². The van der Waals surface area contributed by atoms with E-state index in [0.29, 0.717) is 11.1 Å². The van der Waals surface area contributed by atoms with Crippen molar-refractivity contribution in [3.05, 3.63) is 71.8 Å². The zero-order chi connectivity index (χ0) is 68.7. The van der Waals surface area contributed by atoms with Crippen molar-refractivity contribution in [1.29, 1.82) is 0 Å². The van der Waals surface area contributed by atoms with E-state index >= 15 is 0 Å². The van der Waals surface area contributed by atoms with Crippen molar-refractivity contribution in [2.75, 3.05) is 26.3 Å². The molecule has 0 radical (unpaired) electrons. The largest absolute Gasteiger partial charge is 0.445 e. The van der Waals surface area contributed by atoms with Gasteiger partial charge in [-0.25, -0.2) is 9.59 Å². The molecule has 28 N–H and O–H groups in total. The monoisotopic (exact) mass is 1350 g/mol. The van der Waals surface area contributed by atoms with E-state index in [2.05, 4.69) is 21.3 Å². The summed E-state index contributed by atoms with van der Waals surface area (Å²) in [5.41, 5.74) is 26.4. The lowest BCUT2D eigenvalue weighted by Gasteiger charge is -2.52. The fourth-order valence-electron chi connectivity index (χ4n) is 11.7. The SMILES string of the molecule is N[C@@H]1C[C@H](N)[C@@H](O[C@H]2O[C@H](CNC(=O)OCc3ccccc3)[C@@H](O)[C@H](O)[C@H]2O)[C@H](O)[C@]1(O)O[C@H]1O[C@H](CO)[C@@H](O)[C@H](NC(=O)CCC(=O)N[C@@H]2[C@@H](O)[C@@H](O[C@]3(O)[C@H](N)C[C@H](N)[C@@H](O[C@H]4O[C@H](CNC(=O)OCc5ccccc5)[C@@H](O)[C@H](O)[C@H]4O)[C@@H]3O)O[C@H](CO)[C@H]2O)[C@H]1O. The molecule has 30 atom stereocenters. The van der Waals surface area contributed by atoms with E-state index in [1.807, 2.05) is 0 Å². The van der Waals surface area contributed by atoms with E-state index in [-0.39, 0.29) is 13.2 Å². The van der Waals surface area contributed by atoms with Gasteiger partial charge in [0.2, 0.25) is 23.4 Å². The fraction of sp³-hybridized carbons (Fsp3) is 0.714. The van der Waals surface area contributed by atoms with Crippen LogP contribution < -0.4 is 44.2 Å². The van der Waals surface area contributed by atoms with Gasteiger partial charge in [-0.05, 0) is 24.0 Å². The molecule has 38 nitrogen and oxygen atoms in total. The number of nitrogens with one attached hydrogen (secondary N) is 4. The van der Waals surface area contributed by atoms with Crippen molar-refractivity contribution >= 4 is 24.0 Å². The van der Waals surface area contributed by atoms with Crippen molar-refractivity contribution in [1.82, 2.24) is 21.3 Å². The first-order valence-electron chi connectivity index (χ1n) is 30.1. The number of ether oxygens (including phenoxy) is 10. The van der Waals surface area contributed by atoms with E-state index in [9.17, 15) is 101 Å². The number of carbonyl (C=O) groups is 4. The number of alkyl carbamates (subject to hydrolysis) is 2. The summed E-state index contributed by atoms with van der Waals surface area (Å²) in [5, 5.41) is 187. The molecular weight excluding hydrogens is 1260 g/mol. The lowest BCUT2D eigenvalue weighted by Crippen LogP contribution is -2.74. The Morgan fingerprint density at radius 1 is 0.457 bits per heavy atom. The molecule has 530 valence electrons. The Morgan fingerprint density at radius 2 is 0.798 bits per heavy atom. The first-order chi connectivity index (χ1) is 44.5. The highest BCUT2D eigenvalue weighted by Gasteiger charge is 2.61. The smallest absolute Gasteiger partial charge is 0.407 e. The zero-order valence-electron chi connectivity index (χ0n) is 50.2. The molecule has 6 fully saturated rings. The minimum Gasteiger partial charge on any atom is -0.445 e. The fourth-order valence-corrected chi connectivity index (χ4v) is 11.7. The number of rotatable bonds is 23. The van der Waals surface area contributed by atoms with Gasteiger partial charge in [-0.3, -0.25) is 9.59 Å². The maximum absolute atomic E-state index is 13.5. The summed E-state index contributed by atoms with van der Waals surface area (Å²) >= 11 is 0. The number of aliphatic hydroxyl groups is 16. The Labute approximate surface area is 535 Å². The second kappa shape index (κ2) is 32.4. The van der Waals surface area contributed by atoms with Crippen LogP contribution in [0.5, 0.6) is 0 Å². The first kappa shape index (κ1) is 74.6. The average Bonchev–Trinajstić information content (AvgIpc) is 0.896. The van der Waals surface area contributed by atoms with Crippen LogP contribution >= 0.6 is 0 Å². The summed E-state index contributed by atoms with van der Waals surface area (Å²) in [6.45, 7) is -3.30. The molecule has 2 saturated carbocycles. The Morgan fingerprint density at radius 3 is 1.14 bits per heavy atom. The summed E-state index contributed by atoms with van der Waals surface area (Å²) < 4.78 is 55.8. The van der Waals surface area contributed by atoms with Gasteiger partial charge in [0.25, 0.3) is 0 Å². The Bertz CT molecular complexity index is 2590. The number of hydrogen-bond acceptors (Lipinski definition) is 34. The van der Waals surface area contributed by atoms with E-state index < -0.39 is 259 Å². The quantitative estimate of drug-likeness (QED) is 0.0459. The third-order valence-electron chi connectivity index (χ3n) is 17.3. The predicted molar refractivity (Wildman–Crippen MR) is 306 cm³/mol. The molecule has 2 aliphatic carbocycles. The molecule has 8 rings (SSSR count). The number of aliphatic hydroxyl groups excluding tert-OH is 14. The van der Waals surface area contributed by atoms with Gasteiger partial charge in [0.05, 0.1) is 37.4 Å². The first-order valence-corrected chi connectivity index (χ1v) is 30.1. The summed E-state index contributed by atoms with van der Waals surface area (Å²) in [6.07, 6.45) is -47.3. The lowest BCUT2D eigenvalue weighted by molar-refractivity contribution is -0.397. The number of nitrogens with two attached hydrogens (primary N) is 4. The van der Waals surface area contributed by atoms with Crippen molar-refractivity contribution in [3.8, 4) is 0 Å². The van der Waals surface area contributed by atoms with Gasteiger partial charge in [0, 0.05) is 38.0 Å². The summed E-state index contributed by atoms with van der Waals surface area (Å²) in [4.78, 5) is 52.0. The third-order valence-corrected chi connectivity index (χ3v) is 17.3. The van der Waals surface area contributed by atoms with Gasteiger partial charge >= 0.3 is 12.2 Å². The van der Waals surface area contributed by atoms with E-state index in [4.69, 9.17) is 70.3 Å². The standard InChI is InChI=1S/C56H86N8O30/c57-23-13-29(59)55(83,47(79)45(23)91-49-43(77)41(75)37(71)25(87-49)15-61-53(81)85-19-21-7-3-1-4-8-21)93-51-39(73)33(35(69)27(17-65)89-51)63-31(67)11-12-32(68)64-34-36(70)28(18-66)90-52(40(34)74)94-56(84)30(60)14-24(58)46(48(56)80)92-50-44(78)42(76)38(72)26(88-50)16-62-54(82)86-20-22-9-5-2-6-10-22/h1-10,23-30,33-52,65-66,69-80,83-84H,11-20,57-60H2,(H,61,81)(H,62,82)(H,63,67)(H,64,68)/t23-,24-,25+,26+,27+,28+,29+,30+,33-,34-,35+,36+,37+,38+,39+,40+,41-,42-,43+,44+,45+,46+,47-,48-,49+,50+,51+,52+,55+,56+/m0/s1. The van der Waals surface area contributed by atoms with Gasteiger partial charge in [-0.1, -0.05) is 60.7 Å². The molecule has 0 aromatic heterocycles. The minimum absolute atomic E-state index is 0.121. The molecule has 2 aromatic rings. The van der Waals surface area contributed by atoms with Crippen LogP contribution in [0.1, 0.15) is 36.8 Å². The van der Waals surface area contributed by atoms with Crippen LogP contribution in [0, 0.1) is 0 Å². The average molecular weight is 1350 g/mol. The highest BCUT2D eigenvalue weighted by molar-refractivity contribution is 5.84. The highest BCUT2D eigenvalue weighted by atomic mass is 16.8. The summed E-state index contributed by atoms with van der Waals surface area (Å²) in [5.74, 6) is -8.26. The molecule has 0 spiro atoms. The molecule has 4 amide bonds. The molecule has 4 heterocycles. The maximum atomic E-state index is 13.5. The van der Waals surface area contributed by atoms with Crippen LogP contribution in [0.25, 0.3) is 0 Å². The van der Waals surface area contributed by atoms with Crippen molar-refractivity contribution in [2.45, 2.75) is 222 Å². The molecular formula is C56H86N8O30. The van der Waals surface area contributed by atoms with Gasteiger partial charge in [-0.15, -0.1) is 0 Å². The summed E-state index contributed by atoms with van der Waals surface area (Å²) in [7, 11) is 0. The summed E-state index contributed by atoms with van der Waals surface area (Å²) in [6, 6.07) is 7.58. The predicted octanol–water partition coefficient (Wildman–Crippen LogP) is -11.9. The second-order valence-electron chi connectivity index (χ2n) is 23.9. The number of carbonyl (C=O) groups excluding carboxylic acids is 4. The van der Waals surface area contributed by atoms with Crippen LogP contribution in [-0.4, -0.2) is 315 Å². The Balaban J connectivity index is 0.852. The number of amides is 4. The molecule has 38 heteroatoms. The van der Waals surface area contributed by atoms with Crippen LogP contribution in [0.4, 0.5) is 9.59 Å². The lowest BCUT2D eigenvalue weighted by atomic mass is 9.81. The van der Waals surface area contributed by atoms with Gasteiger partial charge in [0.1, 0.15) is 123 Å². The number of hydrogen-bond donors (Lipinski definition) is 24. The Kier molecular flexibility index (Phi) is 25.7. The topological polar surface area (TPSA) is 636 Å². The molecule has 4 saturated heterocycles. The van der Waals surface area contributed by atoms with Crippen molar-refractivity contribution < 1.29 is 148 Å². The van der Waals surface area contributed by atoms with Crippen LogP contribution in [0.2, 0.25) is 0 Å². The molecule has 4 aliphatic heterocycles. The molecule has 0 bridgehead atoms. The molecule has 94 heavy (non-hydrogen) atoms. The third kappa shape index (κ3) is 17.0. The number of benzene rings is 2. The highest BCUT2D eigenvalue weighted by Crippen LogP contribution is 2.39. The van der Waals surface area contributed by atoms with Crippen LogP contribution in [0.15, 0.2) is 60.7 Å².